The molecule has 0 aliphatic heterocycles. The predicted octanol–water partition coefficient (Wildman–Crippen LogP) is 5.91. The summed E-state index contributed by atoms with van der Waals surface area (Å²) in [4.78, 5) is 37.6. The van der Waals surface area contributed by atoms with Gasteiger partial charge in [0.2, 0.25) is 5.91 Å². The van der Waals surface area contributed by atoms with E-state index in [4.69, 9.17) is 27.9 Å². The highest BCUT2D eigenvalue weighted by molar-refractivity contribution is 6.44. The number of ketones is 1. The average molecular weight is 493 g/mol. The summed E-state index contributed by atoms with van der Waals surface area (Å²) in [7, 11) is 0. The highest BCUT2D eigenvalue weighted by atomic mass is 35.5. The highest BCUT2D eigenvalue weighted by Gasteiger charge is 2.33. The number of benzene rings is 2. The minimum Gasteiger partial charge on any atom is -0.480 e. The summed E-state index contributed by atoms with van der Waals surface area (Å²) >= 11 is 12.3. The molecule has 0 saturated carbocycles. The maximum atomic E-state index is 12.8. The fourth-order valence-corrected chi connectivity index (χ4v) is 3.57. The third-order valence-electron chi connectivity index (χ3n) is 4.95. The molecule has 2 aromatic carbocycles. The maximum Gasteiger partial charge on any atom is 0.265 e. The molecule has 2 amide bonds. The number of carbonyl (C=O) groups excluding carboxylic acids is 3. The van der Waals surface area contributed by atoms with Crippen LogP contribution in [-0.4, -0.2) is 29.1 Å². The van der Waals surface area contributed by atoms with E-state index in [0.717, 1.165) is 11.1 Å². The molecule has 0 fully saturated rings. The Morgan fingerprint density at radius 1 is 1.00 bits per heavy atom. The van der Waals surface area contributed by atoms with Gasteiger partial charge in [0, 0.05) is 11.1 Å². The first kappa shape index (κ1) is 26.7. The van der Waals surface area contributed by atoms with Gasteiger partial charge in [0.1, 0.15) is 5.75 Å². The first-order valence-electron chi connectivity index (χ1n) is 10.7. The van der Waals surface area contributed by atoms with Gasteiger partial charge in [0.25, 0.3) is 5.91 Å². The SMILES string of the molecule is CCC(Oc1ccc(C)cc1C)C(=O)Nc1ccc(Cl)c(NC(=O)C(Cl)C(=O)C(C)(C)C)c1. The van der Waals surface area contributed by atoms with Gasteiger partial charge >= 0.3 is 0 Å². The Bertz CT molecular complexity index is 1050. The van der Waals surface area contributed by atoms with Crippen molar-refractivity contribution in [2.24, 2.45) is 5.41 Å². The molecule has 2 N–H and O–H groups in total. The number of Topliss-reactive ketones (excluding diaryl/α,β-unsaturated/α-hetero) is 1. The zero-order valence-electron chi connectivity index (χ0n) is 19.7. The predicted molar refractivity (Wildman–Crippen MR) is 133 cm³/mol. The highest BCUT2D eigenvalue weighted by Crippen LogP contribution is 2.28. The molecule has 0 aliphatic carbocycles. The lowest BCUT2D eigenvalue weighted by Gasteiger charge is -2.21. The minimum atomic E-state index is -1.37. The van der Waals surface area contributed by atoms with Gasteiger partial charge < -0.3 is 15.4 Å². The number of anilines is 2. The van der Waals surface area contributed by atoms with Crippen molar-refractivity contribution in [2.75, 3.05) is 10.6 Å². The fraction of sp³-hybridized carbons (Fsp3) is 0.400. The molecule has 0 spiro atoms. The van der Waals surface area contributed by atoms with Crippen LogP contribution in [0.5, 0.6) is 5.75 Å². The monoisotopic (exact) mass is 492 g/mol. The molecule has 33 heavy (non-hydrogen) atoms. The van der Waals surface area contributed by atoms with Crippen molar-refractivity contribution in [3.8, 4) is 5.75 Å². The van der Waals surface area contributed by atoms with Gasteiger partial charge in [-0.1, -0.05) is 57.0 Å². The topological polar surface area (TPSA) is 84.5 Å². The molecule has 0 aromatic heterocycles. The lowest BCUT2D eigenvalue weighted by atomic mass is 9.88. The Morgan fingerprint density at radius 2 is 1.67 bits per heavy atom. The van der Waals surface area contributed by atoms with E-state index in [2.05, 4.69) is 10.6 Å². The van der Waals surface area contributed by atoms with Crippen LogP contribution in [0.2, 0.25) is 5.02 Å². The van der Waals surface area contributed by atoms with Crippen LogP contribution >= 0.6 is 23.2 Å². The lowest BCUT2D eigenvalue weighted by Crippen LogP contribution is -2.37. The summed E-state index contributed by atoms with van der Waals surface area (Å²) in [5.41, 5.74) is 1.93. The summed E-state index contributed by atoms with van der Waals surface area (Å²) in [6, 6.07) is 10.4. The molecule has 8 heteroatoms. The van der Waals surface area contributed by atoms with Crippen LogP contribution < -0.4 is 15.4 Å². The zero-order valence-corrected chi connectivity index (χ0v) is 21.2. The Balaban J connectivity index is 2.13. The van der Waals surface area contributed by atoms with E-state index in [0.29, 0.717) is 17.9 Å². The molecule has 2 atom stereocenters. The molecule has 0 radical (unpaired) electrons. The van der Waals surface area contributed by atoms with Gasteiger partial charge in [0.05, 0.1) is 10.7 Å². The quantitative estimate of drug-likeness (QED) is 0.354. The van der Waals surface area contributed by atoms with Crippen molar-refractivity contribution in [3.05, 3.63) is 52.5 Å². The second kappa shape index (κ2) is 11.0. The van der Waals surface area contributed by atoms with Gasteiger partial charge in [-0.2, -0.15) is 0 Å². The van der Waals surface area contributed by atoms with Crippen LogP contribution in [-0.2, 0) is 14.4 Å². The Kier molecular flexibility index (Phi) is 8.92. The van der Waals surface area contributed by atoms with Gasteiger partial charge in [-0.25, -0.2) is 0 Å². The first-order chi connectivity index (χ1) is 15.3. The molecular weight excluding hydrogens is 463 g/mol. The average Bonchev–Trinajstić information content (AvgIpc) is 2.73. The second-order valence-electron chi connectivity index (χ2n) is 8.93. The number of amides is 2. The Morgan fingerprint density at radius 3 is 2.24 bits per heavy atom. The third kappa shape index (κ3) is 7.21. The van der Waals surface area contributed by atoms with Gasteiger partial charge in [-0.3, -0.25) is 14.4 Å². The number of carbonyl (C=O) groups is 3. The second-order valence-corrected chi connectivity index (χ2v) is 9.78. The Hall–Kier alpha value is -2.57. The van der Waals surface area contributed by atoms with E-state index < -0.39 is 28.6 Å². The number of hydrogen-bond donors (Lipinski definition) is 2. The van der Waals surface area contributed by atoms with Crippen molar-refractivity contribution in [1.82, 2.24) is 0 Å². The number of alkyl halides is 1. The number of hydrogen-bond acceptors (Lipinski definition) is 4. The van der Waals surface area contributed by atoms with Crippen molar-refractivity contribution in [1.29, 1.82) is 0 Å². The van der Waals surface area contributed by atoms with Gasteiger partial charge in [-0.15, -0.1) is 11.6 Å². The van der Waals surface area contributed by atoms with Crippen LogP contribution in [0.25, 0.3) is 0 Å². The van der Waals surface area contributed by atoms with E-state index in [9.17, 15) is 14.4 Å². The first-order valence-corrected chi connectivity index (χ1v) is 11.5. The van der Waals surface area contributed by atoms with E-state index in [1.807, 2.05) is 39.0 Å². The summed E-state index contributed by atoms with van der Waals surface area (Å²) in [5.74, 6) is -0.790. The lowest BCUT2D eigenvalue weighted by molar-refractivity contribution is -0.130. The summed E-state index contributed by atoms with van der Waals surface area (Å²) in [5, 5.41) is 4.23. The molecule has 2 unspecified atom stereocenters. The molecule has 0 bridgehead atoms. The van der Waals surface area contributed by atoms with Gasteiger partial charge in [0.15, 0.2) is 17.3 Å². The van der Waals surface area contributed by atoms with E-state index >= 15 is 0 Å². The molecule has 0 heterocycles. The van der Waals surface area contributed by atoms with Crippen LogP contribution in [0.15, 0.2) is 36.4 Å². The summed E-state index contributed by atoms with van der Waals surface area (Å²) in [6.45, 7) is 10.8. The fourth-order valence-electron chi connectivity index (χ4n) is 3.02. The van der Waals surface area contributed by atoms with Crippen molar-refractivity contribution in [2.45, 2.75) is 59.4 Å². The van der Waals surface area contributed by atoms with Crippen LogP contribution in [0.1, 0.15) is 45.2 Å². The van der Waals surface area contributed by atoms with Crippen molar-refractivity contribution in [3.63, 3.8) is 0 Å². The molecule has 0 aliphatic rings. The largest absolute Gasteiger partial charge is 0.480 e. The summed E-state index contributed by atoms with van der Waals surface area (Å²) in [6.07, 6.45) is -0.254. The third-order valence-corrected chi connectivity index (χ3v) is 5.68. The van der Waals surface area contributed by atoms with Crippen LogP contribution in [0.3, 0.4) is 0 Å². The van der Waals surface area contributed by atoms with Crippen LogP contribution in [0, 0.1) is 19.3 Å². The zero-order chi connectivity index (χ0) is 24.9. The standard InChI is InChI=1S/C25H30Cl2N2O4/c1-7-19(33-20-11-8-14(2)12-15(20)3)23(31)28-16-9-10-17(26)18(13-16)29-24(32)21(27)22(30)25(4,5)6/h8-13,19,21H,7H2,1-6H3,(H,28,31)(H,29,32). The molecule has 2 aromatic rings. The normalized spacial score (nSPS) is 13.1. The van der Waals surface area contributed by atoms with E-state index in [-0.39, 0.29) is 16.6 Å². The molecular formula is C25H30Cl2N2O4. The maximum absolute atomic E-state index is 12.8. The van der Waals surface area contributed by atoms with E-state index in [1.54, 1.807) is 26.8 Å². The van der Waals surface area contributed by atoms with E-state index in [1.165, 1.54) is 12.1 Å². The number of nitrogens with one attached hydrogen (secondary N) is 2. The number of aryl methyl sites for hydroxylation is 2. The van der Waals surface area contributed by atoms with Crippen molar-refractivity contribution < 1.29 is 19.1 Å². The number of ether oxygens (including phenoxy) is 1. The summed E-state index contributed by atoms with van der Waals surface area (Å²) < 4.78 is 5.93. The number of halogens is 2. The molecule has 178 valence electrons. The molecule has 6 nitrogen and oxygen atoms in total. The molecule has 0 saturated heterocycles. The van der Waals surface area contributed by atoms with Gasteiger partial charge in [-0.05, 0) is 50.1 Å². The molecule has 2 rings (SSSR count). The minimum absolute atomic E-state index is 0.232. The van der Waals surface area contributed by atoms with Crippen LogP contribution in [0.4, 0.5) is 11.4 Å². The Labute approximate surface area is 205 Å². The number of rotatable bonds is 8. The smallest absolute Gasteiger partial charge is 0.265 e. The van der Waals surface area contributed by atoms with Crippen molar-refractivity contribution >= 4 is 52.2 Å².